The second-order valence-electron chi connectivity index (χ2n) is 10.6. The SMILES string of the molecule is CO[C@@H]1CCN(C(=O)OC(C)(C)C)C[C@@H](C(=O)N[C@H](C#N)Cc2ncc(-c3ccc4c(F)nn(C)c4c3)s2)OC1. The minimum absolute atomic E-state index is 0.0200. The van der Waals surface area contributed by atoms with Gasteiger partial charge in [-0.15, -0.1) is 16.4 Å². The number of nitrogens with one attached hydrogen (secondary N) is 1. The van der Waals surface area contributed by atoms with Crippen LogP contribution in [0, 0.1) is 17.3 Å². The Balaban J connectivity index is 1.43. The Morgan fingerprint density at radius 1 is 1.38 bits per heavy atom. The Kier molecular flexibility index (Phi) is 9.02. The van der Waals surface area contributed by atoms with E-state index in [2.05, 4.69) is 21.5 Å². The standard InChI is InChI=1S/C27H33FN6O5S/c1-27(2,3)39-26(36)34-9-8-18(37-5)15-38-21(14-34)25(35)31-17(12-29)11-23-30-13-22(40-23)16-6-7-19-20(10-16)33(4)32-24(19)28/h6-7,10,13,17-18,21H,8-9,11,14-15H2,1-5H3,(H,31,35)/t17-,18+,21-/m0/s1. The molecule has 2 amide bonds. The number of carbonyl (C=O) groups excluding carboxylic acids is 2. The molecule has 1 saturated heterocycles. The van der Waals surface area contributed by atoms with Crippen molar-refractivity contribution in [1.29, 1.82) is 5.26 Å². The third kappa shape index (κ3) is 7.12. The van der Waals surface area contributed by atoms with Crippen LogP contribution in [0.3, 0.4) is 0 Å². The molecule has 40 heavy (non-hydrogen) atoms. The number of ether oxygens (including phenoxy) is 3. The summed E-state index contributed by atoms with van der Waals surface area (Å²) in [5.74, 6) is -1.04. The Bertz CT molecular complexity index is 1410. The molecular formula is C27H33FN6O5S. The van der Waals surface area contributed by atoms with Crippen LogP contribution in [0.1, 0.15) is 32.2 Å². The fourth-order valence-corrected chi connectivity index (χ4v) is 5.22. The summed E-state index contributed by atoms with van der Waals surface area (Å²) < 4.78 is 32.1. The number of halogens is 1. The third-order valence-corrected chi connectivity index (χ3v) is 7.43. The van der Waals surface area contributed by atoms with Gasteiger partial charge >= 0.3 is 6.09 Å². The van der Waals surface area contributed by atoms with Crippen molar-refractivity contribution in [3.05, 3.63) is 35.4 Å². The molecule has 1 aliphatic heterocycles. The lowest BCUT2D eigenvalue weighted by Crippen LogP contribution is -2.52. The van der Waals surface area contributed by atoms with Crippen LogP contribution in [-0.4, -0.2) is 82.3 Å². The van der Waals surface area contributed by atoms with E-state index in [0.29, 0.717) is 28.9 Å². The van der Waals surface area contributed by atoms with Crippen molar-refractivity contribution in [2.45, 2.75) is 57.5 Å². The zero-order chi connectivity index (χ0) is 29.0. The molecule has 2 aromatic heterocycles. The van der Waals surface area contributed by atoms with E-state index < -0.39 is 35.7 Å². The number of thiazole rings is 1. The van der Waals surface area contributed by atoms with Crippen LogP contribution >= 0.6 is 11.3 Å². The van der Waals surface area contributed by atoms with E-state index in [-0.39, 0.29) is 25.7 Å². The Labute approximate surface area is 235 Å². The van der Waals surface area contributed by atoms with E-state index >= 15 is 0 Å². The van der Waals surface area contributed by atoms with E-state index in [1.54, 1.807) is 53.3 Å². The van der Waals surface area contributed by atoms with Crippen molar-refractivity contribution in [1.82, 2.24) is 25.0 Å². The highest BCUT2D eigenvalue weighted by Gasteiger charge is 2.32. The molecule has 0 unspecified atom stereocenters. The van der Waals surface area contributed by atoms with Gasteiger partial charge in [-0.2, -0.15) is 9.65 Å². The number of benzene rings is 1. The summed E-state index contributed by atoms with van der Waals surface area (Å²) in [4.78, 5) is 32.7. The first-order valence-corrected chi connectivity index (χ1v) is 13.7. The third-order valence-electron chi connectivity index (χ3n) is 6.36. The minimum atomic E-state index is -1.01. The van der Waals surface area contributed by atoms with Gasteiger partial charge in [-0.1, -0.05) is 6.07 Å². The molecule has 1 aliphatic rings. The van der Waals surface area contributed by atoms with Crippen molar-refractivity contribution in [3.8, 4) is 16.5 Å². The van der Waals surface area contributed by atoms with Gasteiger partial charge < -0.3 is 24.4 Å². The molecule has 3 aromatic rings. The average Bonchev–Trinajstić information content (AvgIpc) is 3.46. The highest BCUT2D eigenvalue weighted by atomic mass is 32.1. The van der Waals surface area contributed by atoms with Crippen LogP contribution in [0.25, 0.3) is 21.3 Å². The summed E-state index contributed by atoms with van der Waals surface area (Å²) in [6.45, 7) is 5.80. The highest BCUT2D eigenvalue weighted by molar-refractivity contribution is 7.15. The van der Waals surface area contributed by atoms with Crippen LogP contribution in [0.2, 0.25) is 0 Å². The molecular weight excluding hydrogens is 539 g/mol. The fourth-order valence-electron chi connectivity index (χ4n) is 4.26. The molecule has 214 valence electrons. The maximum absolute atomic E-state index is 13.9. The zero-order valence-electron chi connectivity index (χ0n) is 23.1. The topological polar surface area (TPSA) is 132 Å². The maximum atomic E-state index is 13.9. The number of aromatic nitrogens is 3. The molecule has 13 heteroatoms. The van der Waals surface area contributed by atoms with Crippen molar-refractivity contribution in [3.63, 3.8) is 0 Å². The van der Waals surface area contributed by atoms with Gasteiger partial charge in [0.1, 0.15) is 11.6 Å². The zero-order valence-corrected chi connectivity index (χ0v) is 24.0. The van der Waals surface area contributed by atoms with Crippen LogP contribution in [0.4, 0.5) is 9.18 Å². The molecule has 3 atom stereocenters. The fraction of sp³-hybridized carbons (Fsp3) is 0.519. The number of nitriles is 1. The predicted molar refractivity (Wildman–Crippen MR) is 146 cm³/mol. The quantitative estimate of drug-likeness (QED) is 0.475. The number of hydrogen-bond donors (Lipinski definition) is 1. The lowest BCUT2D eigenvalue weighted by molar-refractivity contribution is -0.139. The van der Waals surface area contributed by atoms with Gasteiger partial charge in [0.25, 0.3) is 5.91 Å². The summed E-state index contributed by atoms with van der Waals surface area (Å²) in [5, 5.41) is 17.4. The molecule has 1 aromatic carbocycles. The molecule has 11 nitrogen and oxygen atoms in total. The summed E-state index contributed by atoms with van der Waals surface area (Å²) in [5.41, 5.74) is 0.800. The van der Waals surface area contributed by atoms with E-state index in [1.165, 1.54) is 20.9 Å². The number of methoxy groups -OCH3 is 1. The summed E-state index contributed by atoms with van der Waals surface area (Å²) in [7, 11) is 3.22. The van der Waals surface area contributed by atoms with Crippen LogP contribution in [-0.2, 0) is 32.5 Å². The predicted octanol–water partition coefficient (Wildman–Crippen LogP) is 3.43. The number of nitrogens with zero attached hydrogens (tertiary/aromatic N) is 5. The number of carbonyl (C=O) groups is 2. The van der Waals surface area contributed by atoms with Gasteiger partial charge in [0.15, 0.2) is 6.10 Å². The monoisotopic (exact) mass is 572 g/mol. The lowest BCUT2D eigenvalue weighted by Gasteiger charge is -2.33. The van der Waals surface area contributed by atoms with E-state index in [1.807, 2.05) is 6.07 Å². The first-order chi connectivity index (χ1) is 19.0. The molecule has 1 N–H and O–H groups in total. The Hall–Kier alpha value is -3.60. The average molecular weight is 573 g/mol. The molecule has 0 bridgehead atoms. The van der Waals surface area contributed by atoms with Gasteiger partial charge in [-0.05, 0) is 44.9 Å². The van der Waals surface area contributed by atoms with Crippen LogP contribution in [0.5, 0.6) is 0 Å². The smallest absolute Gasteiger partial charge is 0.410 e. The van der Waals surface area contributed by atoms with Gasteiger partial charge in [-0.25, -0.2) is 9.78 Å². The van der Waals surface area contributed by atoms with E-state index in [4.69, 9.17) is 14.2 Å². The van der Waals surface area contributed by atoms with E-state index in [9.17, 15) is 19.2 Å². The van der Waals surface area contributed by atoms with Crippen LogP contribution < -0.4 is 5.32 Å². The normalized spacial score (nSPS) is 19.0. The van der Waals surface area contributed by atoms with Gasteiger partial charge in [0.2, 0.25) is 5.95 Å². The second kappa shape index (κ2) is 12.3. The summed E-state index contributed by atoms with van der Waals surface area (Å²) in [6, 6.07) is 6.55. The van der Waals surface area contributed by atoms with Crippen molar-refractivity contribution in [2.24, 2.45) is 7.05 Å². The molecule has 3 heterocycles. The maximum Gasteiger partial charge on any atom is 0.410 e. The second-order valence-corrected chi connectivity index (χ2v) is 11.7. The number of aryl methyl sites for hydroxylation is 1. The molecule has 4 rings (SSSR count). The van der Waals surface area contributed by atoms with Gasteiger partial charge in [0, 0.05) is 33.3 Å². The van der Waals surface area contributed by atoms with Crippen molar-refractivity contribution in [2.75, 3.05) is 26.8 Å². The number of hydrogen-bond acceptors (Lipinski definition) is 9. The molecule has 0 radical (unpaired) electrons. The molecule has 1 fully saturated rings. The Morgan fingerprint density at radius 3 is 2.85 bits per heavy atom. The number of amides is 2. The van der Waals surface area contributed by atoms with Gasteiger partial charge in [-0.3, -0.25) is 9.48 Å². The molecule has 0 aliphatic carbocycles. The minimum Gasteiger partial charge on any atom is -0.444 e. The van der Waals surface area contributed by atoms with Gasteiger partial charge in [0.05, 0.1) is 46.1 Å². The highest BCUT2D eigenvalue weighted by Crippen LogP contribution is 2.30. The van der Waals surface area contributed by atoms with Crippen LogP contribution in [0.15, 0.2) is 24.4 Å². The summed E-state index contributed by atoms with van der Waals surface area (Å²) in [6.07, 6.45) is 0.525. The first-order valence-electron chi connectivity index (χ1n) is 12.9. The molecule has 0 saturated carbocycles. The van der Waals surface area contributed by atoms with Crippen molar-refractivity contribution >= 4 is 34.2 Å². The largest absolute Gasteiger partial charge is 0.444 e. The molecule has 0 spiro atoms. The Morgan fingerprint density at radius 2 is 2.15 bits per heavy atom. The number of fused-ring (bicyclic) bond motifs is 1. The summed E-state index contributed by atoms with van der Waals surface area (Å²) >= 11 is 1.38. The van der Waals surface area contributed by atoms with E-state index in [0.717, 1.165) is 10.4 Å². The lowest BCUT2D eigenvalue weighted by atomic mass is 10.1. The first kappa shape index (κ1) is 29.4. The number of rotatable bonds is 6. The van der Waals surface area contributed by atoms with Crippen molar-refractivity contribution < 1.29 is 28.2 Å².